The summed E-state index contributed by atoms with van der Waals surface area (Å²) < 4.78 is 0. The van der Waals surface area contributed by atoms with Crippen LogP contribution in [0, 0.1) is 0 Å². The smallest absolute Gasteiger partial charge is 0.251 e. The monoisotopic (exact) mass is 199 g/mol. The Bertz CT molecular complexity index is 260. The number of amides is 1. The highest BCUT2D eigenvalue weighted by molar-refractivity contribution is 6.29. The Hall–Kier alpha value is -1.02. The summed E-state index contributed by atoms with van der Waals surface area (Å²) in [7, 11) is 1.59. The van der Waals surface area contributed by atoms with Crippen molar-refractivity contribution >= 4 is 17.5 Å². The average molecular weight is 200 g/mol. The van der Waals surface area contributed by atoms with Crippen LogP contribution < -0.4 is 5.32 Å². The molecule has 72 valence electrons. The molecule has 0 aliphatic rings. The molecule has 0 radical (unpaired) electrons. The number of likely N-dealkylation sites (N-methyl/N-ethyl adjacent to an activating group) is 1. The number of carbonyl (C=O) groups excluding carboxylic acids is 1. The summed E-state index contributed by atoms with van der Waals surface area (Å²) >= 11 is 5.63. The third kappa shape index (κ3) is 5.26. The van der Waals surface area contributed by atoms with Gasteiger partial charge < -0.3 is 5.32 Å². The highest BCUT2D eigenvalue weighted by Crippen LogP contribution is 2.03. The van der Waals surface area contributed by atoms with Crippen LogP contribution in [0.3, 0.4) is 0 Å². The highest BCUT2D eigenvalue weighted by Gasteiger charge is 2.00. The first-order valence-corrected chi connectivity index (χ1v) is 4.38. The zero-order valence-electron chi connectivity index (χ0n) is 8.10. The van der Waals surface area contributed by atoms with E-state index < -0.39 is 0 Å². The molecule has 2 nitrogen and oxygen atoms in total. The molecular weight excluding hydrogens is 186 g/mol. The normalized spacial score (nSPS) is 13.5. The Labute approximate surface area is 84.0 Å². The molecule has 0 bridgehead atoms. The second-order valence-corrected chi connectivity index (χ2v) is 3.05. The van der Waals surface area contributed by atoms with Gasteiger partial charge in [0.25, 0.3) is 5.91 Å². The van der Waals surface area contributed by atoms with Crippen molar-refractivity contribution in [3.63, 3.8) is 0 Å². The first-order chi connectivity index (χ1) is 6.11. The van der Waals surface area contributed by atoms with E-state index in [9.17, 15) is 4.79 Å². The minimum absolute atomic E-state index is 0.118. The number of allylic oxidation sites excluding steroid dienone is 4. The molecule has 0 atom stereocenters. The van der Waals surface area contributed by atoms with Crippen molar-refractivity contribution in [1.29, 1.82) is 0 Å². The largest absolute Gasteiger partial charge is 0.355 e. The van der Waals surface area contributed by atoms with Gasteiger partial charge >= 0.3 is 0 Å². The number of carbonyl (C=O) groups is 1. The molecule has 0 aromatic heterocycles. The lowest BCUT2D eigenvalue weighted by Crippen LogP contribution is -2.18. The van der Waals surface area contributed by atoms with E-state index >= 15 is 0 Å². The quantitative estimate of drug-likeness (QED) is 0.549. The highest BCUT2D eigenvalue weighted by atomic mass is 35.5. The van der Waals surface area contributed by atoms with Crippen molar-refractivity contribution in [3.8, 4) is 0 Å². The third-order valence-corrected chi connectivity index (χ3v) is 1.45. The number of halogens is 1. The van der Waals surface area contributed by atoms with E-state index in [1.807, 2.05) is 6.92 Å². The van der Waals surface area contributed by atoms with E-state index in [1.54, 1.807) is 38.3 Å². The molecule has 0 rings (SSSR count). The van der Waals surface area contributed by atoms with Crippen molar-refractivity contribution in [2.24, 2.45) is 0 Å². The zero-order valence-corrected chi connectivity index (χ0v) is 8.85. The number of hydrogen-bond acceptors (Lipinski definition) is 1. The van der Waals surface area contributed by atoms with Crippen molar-refractivity contribution in [1.82, 2.24) is 5.32 Å². The Balaban J connectivity index is 4.70. The lowest BCUT2D eigenvalue weighted by Gasteiger charge is -1.98. The Morgan fingerprint density at radius 1 is 1.38 bits per heavy atom. The molecule has 0 aliphatic carbocycles. The second kappa shape index (κ2) is 6.49. The van der Waals surface area contributed by atoms with Crippen LogP contribution >= 0.6 is 11.6 Å². The standard InChI is InChI=1S/C10H14ClNO/c1-4-5-9(10(13)12-3)7-6-8(2)11/h4-7H,1-3H3,(H,12,13)/b5-4+,8-6+,9-7+. The third-order valence-electron chi connectivity index (χ3n) is 1.33. The van der Waals surface area contributed by atoms with Gasteiger partial charge in [-0.1, -0.05) is 23.8 Å². The van der Waals surface area contributed by atoms with E-state index in [1.165, 1.54) is 0 Å². The van der Waals surface area contributed by atoms with Crippen LogP contribution in [-0.4, -0.2) is 13.0 Å². The minimum atomic E-state index is -0.118. The van der Waals surface area contributed by atoms with Gasteiger partial charge in [-0.05, 0) is 26.0 Å². The first kappa shape index (κ1) is 12.0. The summed E-state index contributed by atoms with van der Waals surface area (Å²) in [5.41, 5.74) is 0.588. The number of hydrogen-bond donors (Lipinski definition) is 1. The molecule has 0 fully saturated rings. The molecule has 13 heavy (non-hydrogen) atoms. The van der Waals surface area contributed by atoms with Crippen LogP contribution in [0.4, 0.5) is 0 Å². The van der Waals surface area contributed by atoms with E-state index in [0.717, 1.165) is 0 Å². The van der Waals surface area contributed by atoms with Gasteiger partial charge in [0.05, 0.1) is 0 Å². The molecule has 0 heterocycles. The summed E-state index contributed by atoms with van der Waals surface area (Å²) in [6.07, 6.45) is 6.90. The summed E-state index contributed by atoms with van der Waals surface area (Å²) in [4.78, 5) is 11.2. The lowest BCUT2D eigenvalue weighted by atomic mass is 10.2. The van der Waals surface area contributed by atoms with Crippen molar-refractivity contribution in [2.45, 2.75) is 13.8 Å². The van der Waals surface area contributed by atoms with Gasteiger partial charge in [-0.25, -0.2) is 0 Å². The molecule has 1 N–H and O–H groups in total. The molecular formula is C10H14ClNO. The molecule has 0 spiro atoms. The summed E-state index contributed by atoms with van der Waals surface area (Å²) in [5, 5.41) is 3.19. The van der Waals surface area contributed by atoms with Gasteiger partial charge in [0.15, 0.2) is 0 Å². The average Bonchev–Trinajstić information content (AvgIpc) is 2.10. The van der Waals surface area contributed by atoms with Crippen molar-refractivity contribution in [2.75, 3.05) is 7.05 Å². The van der Waals surface area contributed by atoms with Crippen LogP contribution in [-0.2, 0) is 4.79 Å². The summed E-state index contributed by atoms with van der Waals surface area (Å²) in [6, 6.07) is 0. The molecule has 0 saturated heterocycles. The number of nitrogens with one attached hydrogen (secondary N) is 1. The fourth-order valence-electron chi connectivity index (χ4n) is 0.735. The maximum Gasteiger partial charge on any atom is 0.251 e. The fourth-order valence-corrected chi connectivity index (χ4v) is 0.798. The predicted octanol–water partition coefficient (Wildman–Crippen LogP) is 2.38. The van der Waals surface area contributed by atoms with Gasteiger partial charge in [0.1, 0.15) is 0 Å². The van der Waals surface area contributed by atoms with Gasteiger partial charge in [-0.2, -0.15) is 0 Å². The zero-order chi connectivity index (χ0) is 10.3. The maximum atomic E-state index is 11.2. The molecule has 0 aromatic rings. The van der Waals surface area contributed by atoms with Gasteiger partial charge in [0.2, 0.25) is 0 Å². The number of rotatable bonds is 3. The second-order valence-electron chi connectivity index (χ2n) is 2.45. The predicted molar refractivity (Wildman–Crippen MR) is 56.6 cm³/mol. The SMILES string of the molecule is C/C=C/C(=C\C=C(/C)Cl)C(=O)NC. The van der Waals surface area contributed by atoms with Gasteiger partial charge in [-0.15, -0.1) is 0 Å². The van der Waals surface area contributed by atoms with Gasteiger partial charge in [-0.3, -0.25) is 4.79 Å². The summed E-state index contributed by atoms with van der Waals surface area (Å²) in [5.74, 6) is -0.118. The Kier molecular flexibility index (Phi) is 5.98. The Morgan fingerprint density at radius 3 is 2.38 bits per heavy atom. The molecule has 3 heteroatoms. The van der Waals surface area contributed by atoms with E-state index in [0.29, 0.717) is 10.6 Å². The Morgan fingerprint density at radius 2 is 2.00 bits per heavy atom. The van der Waals surface area contributed by atoms with E-state index in [2.05, 4.69) is 5.32 Å². The van der Waals surface area contributed by atoms with Crippen LogP contribution in [0.2, 0.25) is 0 Å². The van der Waals surface area contributed by atoms with Crippen LogP contribution in [0.5, 0.6) is 0 Å². The van der Waals surface area contributed by atoms with Crippen molar-refractivity contribution < 1.29 is 4.79 Å². The molecule has 0 aromatic carbocycles. The summed E-state index contributed by atoms with van der Waals surface area (Å²) in [6.45, 7) is 3.61. The van der Waals surface area contributed by atoms with Crippen LogP contribution in [0.25, 0.3) is 0 Å². The molecule has 1 amide bonds. The van der Waals surface area contributed by atoms with Crippen LogP contribution in [0.1, 0.15) is 13.8 Å². The molecule has 0 unspecified atom stereocenters. The lowest BCUT2D eigenvalue weighted by molar-refractivity contribution is -0.116. The van der Waals surface area contributed by atoms with E-state index in [-0.39, 0.29) is 5.91 Å². The molecule has 0 saturated carbocycles. The topological polar surface area (TPSA) is 29.1 Å². The van der Waals surface area contributed by atoms with Crippen LogP contribution in [0.15, 0.2) is 34.9 Å². The molecule has 0 aliphatic heterocycles. The first-order valence-electron chi connectivity index (χ1n) is 4.00. The van der Waals surface area contributed by atoms with E-state index in [4.69, 9.17) is 11.6 Å². The maximum absolute atomic E-state index is 11.2. The van der Waals surface area contributed by atoms with Gasteiger partial charge in [0, 0.05) is 17.7 Å². The minimum Gasteiger partial charge on any atom is -0.355 e. The van der Waals surface area contributed by atoms with Crippen molar-refractivity contribution in [3.05, 3.63) is 34.9 Å². The fraction of sp³-hybridized carbons (Fsp3) is 0.300.